The van der Waals surface area contributed by atoms with E-state index in [0.717, 1.165) is 0 Å². The molecule has 0 saturated heterocycles. The Morgan fingerprint density at radius 2 is 1.77 bits per heavy atom. The molecule has 2 rings (SSSR count). The lowest BCUT2D eigenvalue weighted by Crippen LogP contribution is -2.41. The zero-order chi connectivity index (χ0) is 19.6. The molecule has 0 radical (unpaired) electrons. The molecule has 8 heteroatoms. The molecule has 0 saturated carbocycles. The minimum absolute atomic E-state index is 0.194. The van der Waals surface area contributed by atoms with E-state index in [9.17, 15) is 13.2 Å². The fourth-order valence-corrected chi connectivity index (χ4v) is 4.71. The minimum Gasteiger partial charge on any atom is -0.493 e. The predicted molar refractivity (Wildman–Crippen MR) is 102 cm³/mol. The van der Waals surface area contributed by atoms with Crippen molar-refractivity contribution in [3.05, 3.63) is 22.6 Å². The number of amides is 1. The number of benzene rings is 1. The first-order chi connectivity index (χ1) is 12.2. The average molecular weight is 382 g/mol. The highest BCUT2D eigenvalue weighted by Gasteiger charge is 2.39. The Morgan fingerprint density at radius 1 is 1.19 bits per heavy atom. The van der Waals surface area contributed by atoms with E-state index in [1.165, 1.54) is 18.5 Å². The highest BCUT2D eigenvalue weighted by Crippen LogP contribution is 2.44. The summed E-state index contributed by atoms with van der Waals surface area (Å²) in [6, 6.07) is 3.33. The number of hydrogen-bond donors (Lipinski definition) is 1. The lowest BCUT2D eigenvalue weighted by molar-refractivity contribution is -0.116. The summed E-state index contributed by atoms with van der Waals surface area (Å²) in [6.07, 6.45) is 0. The van der Waals surface area contributed by atoms with E-state index >= 15 is 0 Å². The smallest absolute Gasteiger partial charge is 0.270 e. The van der Waals surface area contributed by atoms with Crippen LogP contribution in [0.15, 0.2) is 17.0 Å². The van der Waals surface area contributed by atoms with Crippen molar-refractivity contribution in [2.45, 2.75) is 27.7 Å². The first kappa shape index (κ1) is 20.1. The number of carbonyl (C=O) groups is 1. The second kappa shape index (κ2) is 7.57. The Labute approximate surface area is 155 Å². The molecular formula is C18H26N2O5S. The van der Waals surface area contributed by atoms with Crippen LogP contribution < -0.4 is 19.1 Å². The summed E-state index contributed by atoms with van der Waals surface area (Å²) in [5.41, 5.74) is 1.50. The normalized spacial score (nSPS) is 15.7. The number of fused-ring (bicyclic) bond motifs is 1. The van der Waals surface area contributed by atoms with Crippen molar-refractivity contribution in [2.24, 2.45) is 5.92 Å². The molecule has 0 aromatic heterocycles. The Hall–Kier alpha value is -2.22. The van der Waals surface area contributed by atoms with Gasteiger partial charge >= 0.3 is 0 Å². The maximum atomic E-state index is 13.1. The molecule has 0 aliphatic carbocycles. The summed E-state index contributed by atoms with van der Waals surface area (Å²) in [5, 5.41) is 2.71. The van der Waals surface area contributed by atoms with Crippen LogP contribution in [0.3, 0.4) is 0 Å². The van der Waals surface area contributed by atoms with Gasteiger partial charge in [-0.05, 0) is 31.4 Å². The fourth-order valence-electron chi connectivity index (χ4n) is 2.94. The van der Waals surface area contributed by atoms with E-state index in [0.29, 0.717) is 34.9 Å². The Balaban J connectivity index is 2.70. The summed E-state index contributed by atoms with van der Waals surface area (Å²) < 4.78 is 38.0. The summed E-state index contributed by atoms with van der Waals surface area (Å²) >= 11 is 0. The molecule has 1 aliphatic heterocycles. The molecule has 0 fully saturated rings. The maximum Gasteiger partial charge on any atom is 0.270 e. The molecule has 7 nitrogen and oxygen atoms in total. The molecular weight excluding hydrogens is 356 g/mol. The molecule has 1 N–H and O–H groups in total. The minimum atomic E-state index is -3.96. The molecule has 0 atom stereocenters. The number of nitrogens with zero attached hydrogens (tertiary/aromatic N) is 1. The highest BCUT2D eigenvalue weighted by molar-refractivity contribution is 7.97. The molecule has 1 aromatic carbocycles. The van der Waals surface area contributed by atoms with E-state index < -0.39 is 15.9 Å². The number of allylic oxidation sites excluding steroid dienone is 1. The standard InChI is InChI=1S/C18H26N2O5S/c1-7-20-14-9-16(25-6)15(24-5)8-13(14)12(4)17(26(20,22)23)18(21)19-10-11(2)3/h8-9,11H,7,10H2,1-6H3,(H,19,21). The first-order valence-corrected chi connectivity index (χ1v) is 9.91. The molecule has 1 amide bonds. The summed E-state index contributed by atoms with van der Waals surface area (Å²) in [4.78, 5) is 12.4. The summed E-state index contributed by atoms with van der Waals surface area (Å²) in [5.74, 6) is 0.531. The zero-order valence-electron chi connectivity index (χ0n) is 16.0. The quantitative estimate of drug-likeness (QED) is 0.816. The molecule has 1 aliphatic rings. The predicted octanol–water partition coefficient (Wildman–Crippen LogP) is 2.38. The van der Waals surface area contributed by atoms with Gasteiger partial charge in [-0.25, -0.2) is 8.42 Å². The number of sulfonamides is 1. The van der Waals surface area contributed by atoms with Crippen molar-refractivity contribution in [3.8, 4) is 11.5 Å². The van der Waals surface area contributed by atoms with Gasteiger partial charge in [-0.15, -0.1) is 0 Å². The Morgan fingerprint density at radius 3 is 2.27 bits per heavy atom. The van der Waals surface area contributed by atoms with Crippen molar-refractivity contribution in [3.63, 3.8) is 0 Å². The van der Waals surface area contributed by atoms with Gasteiger partial charge in [0.1, 0.15) is 0 Å². The van der Waals surface area contributed by atoms with Crippen molar-refractivity contribution in [1.29, 1.82) is 0 Å². The van der Waals surface area contributed by atoms with Gasteiger partial charge in [0.05, 0.1) is 19.9 Å². The van der Waals surface area contributed by atoms with Crippen LogP contribution in [-0.2, 0) is 14.8 Å². The van der Waals surface area contributed by atoms with Crippen LogP contribution in [0.2, 0.25) is 0 Å². The Kier molecular flexibility index (Phi) is 5.85. The van der Waals surface area contributed by atoms with Crippen LogP contribution in [-0.4, -0.2) is 41.6 Å². The van der Waals surface area contributed by atoms with Crippen LogP contribution in [0.1, 0.15) is 33.3 Å². The second-order valence-corrected chi connectivity index (χ2v) is 8.25. The summed E-state index contributed by atoms with van der Waals surface area (Å²) in [6.45, 7) is 7.85. The van der Waals surface area contributed by atoms with Gasteiger partial charge in [0.25, 0.3) is 15.9 Å². The van der Waals surface area contributed by atoms with E-state index in [1.54, 1.807) is 26.0 Å². The van der Waals surface area contributed by atoms with Gasteiger partial charge in [0, 0.05) is 24.7 Å². The van der Waals surface area contributed by atoms with Gasteiger partial charge in [-0.1, -0.05) is 13.8 Å². The van der Waals surface area contributed by atoms with Crippen molar-refractivity contribution in [1.82, 2.24) is 5.32 Å². The van der Waals surface area contributed by atoms with Crippen LogP contribution in [0.4, 0.5) is 5.69 Å². The lowest BCUT2D eigenvalue weighted by Gasteiger charge is -2.32. The van der Waals surface area contributed by atoms with Gasteiger partial charge in [0.2, 0.25) is 0 Å². The van der Waals surface area contributed by atoms with Crippen molar-refractivity contribution in [2.75, 3.05) is 31.6 Å². The lowest BCUT2D eigenvalue weighted by atomic mass is 10.0. The van der Waals surface area contributed by atoms with Crippen LogP contribution in [0, 0.1) is 5.92 Å². The average Bonchev–Trinajstić information content (AvgIpc) is 2.58. The first-order valence-electron chi connectivity index (χ1n) is 8.47. The number of nitrogens with one attached hydrogen (secondary N) is 1. The number of hydrogen-bond acceptors (Lipinski definition) is 5. The monoisotopic (exact) mass is 382 g/mol. The molecule has 1 aromatic rings. The van der Waals surface area contributed by atoms with Gasteiger partial charge in [0.15, 0.2) is 16.4 Å². The van der Waals surface area contributed by atoms with E-state index in [2.05, 4.69) is 5.32 Å². The fraction of sp³-hybridized carbons (Fsp3) is 0.500. The summed E-state index contributed by atoms with van der Waals surface area (Å²) in [7, 11) is -0.962. The third-order valence-electron chi connectivity index (χ3n) is 4.23. The number of methoxy groups -OCH3 is 2. The molecule has 0 spiro atoms. The molecule has 26 heavy (non-hydrogen) atoms. The zero-order valence-corrected chi connectivity index (χ0v) is 16.9. The van der Waals surface area contributed by atoms with Crippen LogP contribution >= 0.6 is 0 Å². The molecule has 144 valence electrons. The van der Waals surface area contributed by atoms with E-state index in [-0.39, 0.29) is 17.4 Å². The van der Waals surface area contributed by atoms with Crippen molar-refractivity contribution >= 4 is 27.2 Å². The highest BCUT2D eigenvalue weighted by atomic mass is 32.2. The SMILES string of the molecule is CCN1c2cc(OC)c(OC)cc2C(C)=C(C(=O)NCC(C)C)S1(=O)=O. The molecule has 0 unspecified atom stereocenters. The third-order valence-corrected chi connectivity index (χ3v) is 6.27. The van der Waals surface area contributed by atoms with Crippen molar-refractivity contribution < 1.29 is 22.7 Å². The second-order valence-electron chi connectivity index (χ2n) is 6.45. The topological polar surface area (TPSA) is 84.9 Å². The molecule has 0 bridgehead atoms. The number of anilines is 1. The van der Waals surface area contributed by atoms with E-state index in [1.807, 2.05) is 13.8 Å². The van der Waals surface area contributed by atoms with Crippen LogP contribution in [0.5, 0.6) is 11.5 Å². The van der Waals surface area contributed by atoms with Gasteiger partial charge in [-0.3, -0.25) is 9.10 Å². The number of rotatable bonds is 6. The number of ether oxygens (including phenoxy) is 2. The van der Waals surface area contributed by atoms with E-state index in [4.69, 9.17) is 9.47 Å². The van der Waals surface area contributed by atoms with Crippen LogP contribution in [0.25, 0.3) is 5.57 Å². The Bertz CT molecular complexity index is 843. The maximum absolute atomic E-state index is 13.1. The van der Waals surface area contributed by atoms with Gasteiger partial charge < -0.3 is 14.8 Å². The number of carbonyl (C=O) groups excluding carboxylic acids is 1. The largest absolute Gasteiger partial charge is 0.493 e. The third kappa shape index (κ3) is 3.38. The molecule has 1 heterocycles. The van der Waals surface area contributed by atoms with Gasteiger partial charge in [-0.2, -0.15) is 0 Å².